The Morgan fingerprint density at radius 2 is 1.92 bits per heavy atom. The van der Waals surface area contributed by atoms with Gasteiger partial charge in [0.05, 0.1) is 6.54 Å². The highest BCUT2D eigenvalue weighted by Crippen LogP contribution is 2.16. The van der Waals surface area contributed by atoms with Crippen LogP contribution in [0.4, 0.5) is 5.69 Å². The zero-order valence-electron chi connectivity index (χ0n) is 14.2. The summed E-state index contributed by atoms with van der Waals surface area (Å²) in [5, 5.41) is 5.85. The van der Waals surface area contributed by atoms with Crippen molar-refractivity contribution < 1.29 is 4.79 Å². The van der Waals surface area contributed by atoms with E-state index in [4.69, 9.17) is 0 Å². The lowest BCUT2D eigenvalue weighted by molar-refractivity contribution is -0.115. The molecule has 1 rings (SSSR count). The van der Waals surface area contributed by atoms with Crippen molar-refractivity contribution in [3.8, 4) is 0 Å². The Morgan fingerprint density at radius 3 is 2.56 bits per heavy atom. The van der Waals surface area contributed by atoms with Crippen LogP contribution in [-0.2, 0) is 4.79 Å². The molecular formula is C21H23N3O. The van der Waals surface area contributed by atoms with Crippen molar-refractivity contribution in [3.05, 3.63) is 97.9 Å². The number of allylic oxidation sites excluding steroid dienone is 5. The summed E-state index contributed by atoms with van der Waals surface area (Å²) in [5.74, 6) is -0.164. The summed E-state index contributed by atoms with van der Waals surface area (Å²) in [4.78, 5) is 16.1. The van der Waals surface area contributed by atoms with E-state index < -0.39 is 0 Å². The van der Waals surface area contributed by atoms with E-state index in [1.165, 1.54) is 6.20 Å². The first-order chi connectivity index (χ1) is 12.1. The summed E-state index contributed by atoms with van der Waals surface area (Å²) in [6.45, 7) is 14.8. The number of hydrogen-bond acceptors (Lipinski definition) is 3. The third kappa shape index (κ3) is 7.14. The Hall–Kier alpha value is -3.40. The Balaban J connectivity index is 2.72. The van der Waals surface area contributed by atoms with E-state index in [1.54, 1.807) is 30.5 Å². The normalized spacial score (nSPS) is 11.3. The van der Waals surface area contributed by atoms with E-state index in [0.717, 1.165) is 16.8 Å². The Morgan fingerprint density at radius 1 is 1.12 bits per heavy atom. The number of nitrogens with zero attached hydrogens (tertiary/aromatic N) is 1. The molecule has 0 aliphatic carbocycles. The first-order valence-electron chi connectivity index (χ1n) is 7.70. The molecule has 0 saturated carbocycles. The SMILES string of the molecule is C=C/C=C\C=C(/C=C)NCC(=O)Nc1ccc(/C=N\C=C)c(C=C)c1. The van der Waals surface area contributed by atoms with E-state index in [9.17, 15) is 4.79 Å². The number of carbonyl (C=O) groups excluding carboxylic acids is 1. The number of amides is 1. The van der Waals surface area contributed by atoms with Gasteiger partial charge in [-0.3, -0.25) is 9.79 Å². The third-order valence-electron chi connectivity index (χ3n) is 3.11. The largest absolute Gasteiger partial charge is 0.376 e. The average molecular weight is 333 g/mol. The second-order valence-corrected chi connectivity index (χ2v) is 4.86. The maximum absolute atomic E-state index is 12.1. The van der Waals surface area contributed by atoms with Gasteiger partial charge in [-0.15, -0.1) is 0 Å². The molecule has 0 saturated heterocycles. The van der Waals surface area contributed by atoms with Gasteiger partial charge in [0.15, 0.2) is 0 Å². The molecule has 4 nitrogen and oxygen atoms in total. The fourth-order valence-electron chi connectivity index (χ4n) is 1.90. The fraction of sp³-hybridized carbons (Fsp3) is 0.0476. The van der Waals surface area contributed by atoms with Gasteiger partial charge in [-0.1, -0.05) is 56.7 Å². The quantitative estimate of drug-likeness (QED) is 0.497. The molecule has 0 atom stereocenters. The molecule has 0 bridgehead atoms. The Bertz CT molecular complexity index is 740. The average Bonchev–Trinajstić information content (AvgIpc) is 2.63. The number of aliphatic imine (C=N–C) groups is 1. The van der Waals surface area contributed by atoms with Gasteiger partial charge in [0.1, 0.15) is 0 Å². The smallest absolute Gasteiger partial charge is 0.243 e. The Labute approximate surface area is 149 Å². The lowest BCUT2D eigenvalue weighted by atomic mass is 10.1. The molecule has 2 N–H and O–H groups in total. The van der Waals surface area contributed by atoms with Crippen molar-refractivity contribution in [2.24, 2.45) is 4.99 Å². The molecule has 1 aromatic carbocycles. The number of carbonyl (C=O) groups is 1. The molecule has 1 aromatic rings. The predicted octanol–water partition coefficient (Wildman–Crippen LogP) is 4.23. The zero-order chi connectivity index (χ0) is 18.5. The van der Waals surface area contributed by atoms with E-state index >= 15 is 0 Å². The third-order valence-corrected chi connectivity index (χ3v) is 3.11. The number of benzene rings is 1. The van der Waals surface area contributed by atoms with Crippen LogP contribution in [0.25, 0.3) is 6.08 Å². The molecule has 0 aliphatic rings. The molecular weight excluding hydrogens is 310 g/mol. The monoisotopic (exact) mass is 333 g/mol. The first-order valence-corrected chi connectivity index (χ1v) is 7.70. The van der Waals surface area contributed by atoms with Crippen molar-refractivity contribution in [3.63, 3.8) is 0 Å². The summed E-state index contributed by atoms with van der Waals surface area (Å²) >= 11 is 0. The molecule has 128 valence electrons. The number of nitrogens with one attached hydrogen (secondary N) is 2. The van der Waals surface area contributed by atoms with E-state index in [2.05, 4.69) is 41.9 Å². The van der Waals surface area contributed by atoms with Gasteiger partial charge < -0.3 is 10.6 Å². The molecule has 1 amide bonds. The summed E-state index contributed by atoms with van der Waals surface area (Å²) in [7, 11) is 0. The molecule has 0 radical (unpaired) electrons. The first kappa shape index (κ1) is 19.6. The van der Waals surface area contributed by atoms with Crippen LogP contribution in [-0.4, -0.2) is 18.7 Å². The van der Waals surface area contributed by atoms with Crippen LogP contribution in [0.2, 0.25) is 0 Å². The van der Waals surface area contributed by atoms with Gasteiger partial charge in [0.25, 0.3) is 0 Å². The van der Waals surface area contributed by atoms with Crippen LogP contribution in [0.15, 0.2) is 91.8 Å². The van der Waals surface area contributed by atoms with E-state index in [0.29, 0.717) is 5.69 Å². The van der Waals surface area contributed by atoms with Gasteiger partial charge in [-0.25, -0.2) is 0 Å². The molecule has 0 spiro atoms. The van der Waals surface area contributed by atoms with Crippen LogP contribution < -0.4 is 10.6 Å². The van der Waals surface area contributed by atoms with Crippen LogP contribution in [0, 0.1) is 0 Å². The highest BCUT2D eigenvalue weighted by Gasteiger charge is 2.04. The number of rotatable bonds is 10. The molecule has 4 heteroatoms. The molecule has 25 heavy (non-hydrogen) atoms. The number of anilines is 1. The summed E-state index contributed by atoms with van der Waals surface area (Å²) in [6, 6.07) is 5.51. The highest BCUT2D eigenvalue weighted by atomic mass is 16.1. The van der Waals surface area contributed by atoms with Crippen LogP contribution in [0.1, 0.15) is 11.1 Å². The fourth-order valence-corrected chi connectivity index (χ4v) is 1.90. The summed E-state index contributed by atoms with van der Waals surface area (Å²) in [6.07, 6.45) is 13.6. The minimum Gasteiger partial charge on any atom is -0.376 e. The van der Waals surface area contributed by atoms with Crippen molar-refractivity contribution in [2.45, 2.75) is 0 Å². The minimum absolute atomic E-state index is 0.128. The summed E-state index contributed by atoms with van der Waals surface area (Å²) < 4.78 is 0. The van der Waals surface area contributed by atoms with E-state index in [1.807, 2.05) is 30.4 Å². The maximum Gasteiger partial charge on any atom is 0.243 e. The molecule has 0 heterocycles. The standard InChI is InChI=1S/C21H23N3O/c1-5-9-10-11-19(7-3)23-16-21(25)24-20-13-12-18(15-22-8-4)17(6-2)14-20/h5-15,23H,1-4,16H2,(H,24,25)/b10-9-,19-11+,22-15-. The van der Waals surface area contributed by atoms with Crippen LogP contribution >= 0.6 is 0 Å². The van der Waals surface area contributed by atoms with Crippen LogP contribution in [0.3, 0.4) is 0 Å². The van der Waals surface area contributed by atoms with Gasteiger partial charge in [-0.2, -0.15) is 0 Å². The van der Waals surface area contributed by atoms with E-state index in [-0.39, 0.29) is 12.5 Å². The molecule has 0 aliphatic heterocycles. The predicted molar refractivity (Wildman–Crippen MR) is 109 cm³/mol. The van der Waals surface area contributed by atoms with Gasteiger partial charge in [-0.05, 0) is 29.8 Å². The number of hydrogen-bond donors (Lipinski definition) is 2. The van der Waals surface area contributed by atoms with Gasteiger partial charge in [0, 0.05) is 29.4 Å². The van der Waals surface area contributed by atoms with Crippen molar-refractivity contribution in [2.75, 3.05) is 11.9 Å². The minimum atomic E-state index is -0.164. The Kier molecular flexibility index (Phi) is 8.79. The maximum atomic E-state index is 12.1. The van der Waals surface area contributed by atoms with Crippen molar-refractivity contribution in [1.29, 1.82) is 0 Å². The van der Waals surface area contributed by atoms with Gasteiger partial charge >= 0.3 is 0 Å². The summed E-state index contributed by atoms with van der Waals surface area (Å²) in [5.41, 5.74) is 3.21. The molecule has 0 unspecified atom stereocenters. The zero-order valence-corrected chi connectivity index (χ0v) is 14.2. The van der Waals surface area contributed by atoms with Crippen molar-refractivity contribution in [1.82, 2.24) is 5.32 Å². The van der Waals surface area contributed by atoms with Crippen molar-refractivity contribution >= 4 is 23.9 Å². The molecule has 0 aromatic heterocycles. The molecule has 0 fully saturated rings. The second-order valence-electron chi connectivity index (χ2n) is 4.86. The van der Waals surface area contributed by atoms with Crippen LogP contribution in [0.5, 0.6) is 0 Å². The lowest BCUT2D eigenvalue weighted by Gasteiger charge is -2.10. The van der Waals surface area contributed by atoms with Gasteiger partial charge in [0.2, 0.25) is 5.91 Å². The topological polar surface area (TPSA) is 53.5 Å². The second kappa shape index (κ2) is 11.2. The highest BCUT2D eigenvalue weighted by molar-refractivity contribution is 5.94. The lowest BCUT2D eigenvalue weighted by Crippen LogP contribution is -2.27.